The third-order valence-electron chi connectivity index (χ3n) is 6.00. The molecule has 0 heterocycles. The van der Waals surface area contributed by atoms with E-state index in [9.17, 15) is 4.79 Å². The molecule has 0 bridgehead atoms. The van der Waals surface area contributed by atoms with Gasteiger partial charge in [-0.3, -0.25) is 4.79 Å². The molecule has 0 aromatic heterocycles. The minimum absolute atomic E-state index is 0.0384. The van der Waals surface area contributed by atoms with Crippen molar-refractivity contribution in [3.63, 3.8) is 0 Å². The van der Waals surface area contributed by atoms with Crippen LogP contribution in [0.25, 0.3) is 12.2 Å². The highest BCUT2D eigenvalue weighted by atomic mass is 16.5. The molecule has 0 atom stereocenters. The Morgan fingerprint density at radius 2 is 1.46 bits per heavy atom. The summed E-state index contributed by atoms with van der Waals surface area (Å²) in [6.07, 6.45) is 7.18. The van der Waals surface area contributed by atoms with Crippen molar-refractivity contribution in [1.82, 2.24) is 0 Å². The van der Waals surface area contributed by atoms with Crippen LogP contribution in [0.5, 0.6) is 11.5 Å². The summed E-state index contributed by atoms with van der Waals surface area (Å²) in [5, 5.41) is 0. The Morgan fingerprint density at radius 3 is 2.04 bits per heavy atom. The summed E-state index contributed by atoms with van der Waals surface area (Å²) in [4.78, 5) is 10.9. The van der Waals surface area contributed by atoms with Gasteiger partial charge in [0.2, 0.25) is 0 Å². The molecule has 0 saturated heterocycles. The van der Waals surface area contributed by atoms with E-state index in [1.165, 1.54) is 11.1 Å². The number of hydrogen-bond acceptors (Lipinski definition) is 3. The number of fused-ring (bicyclic) bond motifs is 1. The second-order valence-electron chi connectivity index (χ2n) is 8.83. The van der Waals surface area contributed by atoms with Crippen LogP contribution in [0.15, 0.2) is 30.3 Å². The van der Waals surface area contributed by atoms with E-state index >= 15 is 0 Å². The Bertz CT molecular complexity index is 902. The summed E-state index contributed by atoms with van der Waals surface area (Å²) >= 11 is 0. The van der Waals surface area contributed by atoms with Gasteiger partial charge < -0.3 is 9.47 Å². The number of rotatable bonds is 5. The minimum atomic E-state index is 0.0384. The minimum Gasteiger partial charge on any atom is -0.496 e. The lowest BCUT2D eigenvalue weighted by molar-refractivity contribution is 0.112. The van der Waals surface area contributed by atoms with Crippen LogP contribution < -0.4 is 9.47 Å². The molecule has 0 fully saturated rings. The zero-order chi connectivity index (χ0) is 20.5. The molecule has 3 rings (SSSR count). The van der Waals surface area contributed by atoms with E-state index in [-0.39, 0.29) is 10.8 Å². The summed E-state index contributed by atoms with van der Waals surface area (Å²) in [6, 6.07) is 9.70. The van der Waals surface area contributed by atoms with Gasteiger partial charge in [-0.1, -0.05) is 58.0 Å². The lowest BCUT2D eigenvalue weighted by Gasteiger charge is -2.43. The van der Waals surface area contributed by atoms with Crippen molar-refractivity contribution in [1.29, 1.82) is 0 Å². The number of benzene rings is 2. The normalized spacial score (nSPS) is 17.2. The fraction of sp³-hybridized carbons (Fsp3) is 0.400. The molecule has 0 N–H and O–H groups in total. The molecule has 3 nitrogen and oxygen atoms in total. The smallest absolute Gasteiger partial charge is 0.150 e. The second kappa shape index (κ2) is 7.46. The maximum Gasteiger partial charge on any atom is 0.150 e. The Hall–Kier alpha value is -2.55. The van der Waals surface area contributed by atoms with E-state index in [4.69, 9.17) is 9.47 Å². The second-order valence-corrected chi connectivity index (χ2v) is 8.83. The molecule has 2 aromatic carbocycles. The largest absolute Gasteiger partial charge is 0.496 e. The van der Waals surface area contributed by atoms with Crippen LogP contribution in [0.2, 0.25) is 0 Å². The van der Waals surface area contributed by atoms with Gasteiger partial charge in [-0.05, 0) is 46.9 Å². The van der Waals surface area contributed by atoms with Crippen molar-refractivity contribution in [2.24, 2.45) is 0 Å². The Balaban J connectivity index is 2.17. The van der Waals surface area contributed by atoms with Crippen molar-refractivity contribution < 1.29 is 14.3 Å². The van der Waals surface area contributed by atoms with Crippen molar-refractivity contribution in [2.45, 2.75) is 51.4 Å². The van der Waals surface area contributed by atoms with Gasteiger partial charge in [0.1, 0.15) is 17.8 Å². The Morgan fingerprint density at radius 1 is 0.857 bits per heavy atom. The first-order chi connectivity index (χ1) is 13.2. The number of carbonyl (C=O) groups excluding carboxylic acids is 1. The Labute approximate surface area is 168 Å². The molecule has 0 unspecified atom stereocenters. The molecule has 0 saturated carbocycles. The van der Waals surface area contributed by atoms with Crippen molar-refractivity contribution >= 4 is 18.4 Å². The summed E-state index contributed by atoms with van der Waals surface area (Å²) in [6.45, 7) is 9.18. The van der Waals surface area contributed by atoms with Gasteiger partial charge in [0.05, 0.1) is 19.8 Å². The summed E-state index contributed by atoms with van der Waals surface area (Å²) in [7, 11) is 3.45. The van der Waals surface area contributed by atoms with E-state index in [0.717, 1.165) is 41.8 Å². The quantitative estimate of drug-likeness (QED) is 0.470. The summed E-state index contributed by atoms with van der Waals surface area (Å²) in [5.74, 6) is 1.72. The van der Waals surface area contributed by atoms with Crippen LogP contribution in [0.3, 0.4) is 0 Å². The first-order valence-corrected chi connectivity index (χ1v) is 9.77. The third kappa shape index (κ3) is 3.58. The van der Waals surface area contributed by atoms with E-state index < -0.39 is 0 Å². The van der Waals surface area contributed by atoms with E-state index in [2.05, 4.69) is 33.8 Å². The molecule has 0 radical (unpaired) electrons. The molecule has 1 aliphatic carbocycles. The van der Waals surface area contributed by atoms with E-state index in [0.29, 0.717) is 5.56 Å². The fourth-order valence-electron chi connectivity index (χ4n) is 4.14. The van der Waals surface area contributed by atoms with Gasteiger partial charge in [-0.15, -0.1) is 0 Å². The lowest BCUT2D eigenvalue weighted by Crippen LogP contribution is -2.34. The monoisotopic (exact) mass is 378 g/mol. The lowest BCUT2D eigenvalue weighted by atomic mass is 9.62. The third-order valence-corrected chi connectivity index (χ3v) is 6.00. The summed E-state index contributed by atoms with van der Waals surface area (Å²) in [5.41, 5.74) is 5.36. The molecule has 28 heavy (non-hydrogen) atoms. The molecular formula is C25H30O3. The van der Waals surface area contributed by atoms with Crippen LogP contribution in [0, 0.1) is 0 Å². The predicted molar refractivity (Wildman–Crippen MR) is 116 cm³/mol. The number of aldehydes is 1. The van der Waals surface area contributed by atoms with Crippen LogP contribution in [0.4, 0.5) is 0 Å². The molecule has 0 spiro atoms. The van der Waals surface area contributed by atoms with E-state index in [1.807, 2.05) is 36.4 Å². The molecule has 3 heteroatoms. The van der Waals surface area contributed by atoms with Crippen LogP contribution in [-0.4, -0.2) is 20.5 Å². The molecule has 1 aliphatic rings. The summed E-state index contributed by atoms with van der Waals surface area (Å²) < 4.78 is 11.7. The van der Waals surface area contributed by atoms with Crippen molar-refractivity contribution in [3.8, 4) is 11.5 Å². The standard InChI is InChI=1S/C25H30O3/c1-24(2)13-14-25(3,4)22-20(24)15-21(27-5)19(23(22)28-6)12-11-17-7-9-18(16-26)10-8-17/h7-12,15-16H,13-14H2,1-6H3. The maximum atomic E-state index is 10.9. The number of hydrogen-bond donors (Lipinski definition) is 0. The zero-order valence-electron chi connectivity index (χ0n) is 17.8. The van der Waals surface area contributed by atoms with Gasteiger partial charge in [-0.25, -0.2) is 0 Å². The topological polar surface area (TPSA) is 35.5 Å². The van der Waals surface area contributed by atoms with Crippen molar-refractivity contribution in [2.75, 3.05) is 14.2 Å². The van der Waals surface area contributed by atoms with Gasteiger partial charge in [0.25, 0.3) is 0 Å². The highest BCUT2D eigenvalue weighted by Crippen LogP contribution is 2.52. The molecule has 0 amide bonds. The highest BCUT2D eigenvalue weighted by Gasteiger charge is 2.40. The number of methoxy groups -OCH3 is 2. The molecule has 2 aromatic rings. The van der Waals surface area contributed by atoms with E-state index in [1.54, 1.807) is 14.2 Å². The number of ether oxygens (including phenoxy) is 2. The SMILES string of the molecule is COc1cc2c(c(OC)c1C=Cc1ccc(C=O)cc1)C(C)(C)CCC2(C)C. The predicted octanol–water partition coefficient (Wildman–Crippen LogP) is 6.04. The average molecular weight is 379 g/mol. The first-order valence-electron chi connectivity index (χ1n) is 9.77. The molecule has 148 valence electrons. The van der Waals surface area contributed by atoms with Crippen molar-refractivity contribution in [3.05, 3.63) is 58.1 Å². The average Bonchev–Trinajstić information content (AvgIpc) is 2.69. The maximum absolute atomic E-state index is 10.9. The van der Waals surface area contributed by atoms with Gasteiger partial charge in [-0.2, -0.15) is 0 Å². The fourth-order valence-corrected chi connectivity index (χ4v) is 4.14. The van der Waals surface area contributed by atoms with Crippen LogP contribution >= 0.6 is 0 Å². The van der Waals surface area contributed by atoms with Crippen LogP contribution in [-0.2, 0) is 10.8 Å². The van der Waals surface area contributed by atoms with Gasteiger partial charge in [0, 0.05) is 11.1 Å². The van der Waals surface area contributed by atoms with Gasteiger partial charge >= 0.3 is 0 Å². The highest BCUT2D eigenvalue weighted by molar-refractivity contribution is 5.80. The van der Waals surface area contributed by atoms with Crippen LogP contribution in [0.1, 0.15) is 73.1 Å². The first kappa shape index (κ1) is 20.2. The molecular weight excluding hydrogens is 348 g/mol. The zero-order valence-corrected chi connectivity index (χ0v) is 17.8. The Kier molecular flexibility index (Phi) is 5.38. The molecule has 0 aliphatic heterocycles. The van der Waals surface area contributed by atoms with Gasteiger partial charge in [0.15, 0.2) is 0 Å². The number of carbonyl (C=O) groups is 1.